The molecule has 0 aliphatic heterocycles. The summed E-state index contributed by atoms with van der Waals surface area (Å²) in [6.45, 7) is 6.48. The summed E-state index contributed by atoms with van der Waals surface area (Å²) >= 11 is 0. The number of hydrogen-bond donors (Lipinski definition) is 1. The molecule has 0 aliphatic carbocycles. The second kappa shape index (κ2) is 6.72. The lowest BCUT2D eigenvalue weighted by Crippen LogP contribution is -2.12. The normalized spacial score (nSPS) is 11.5. The molecule has 0 spiro atoms. The van der Waals surface area contributed by atoms with Gasteiger partial charge in [-0.05, 0) is 49.6 Å². The minimum atomic E-state index is -3.62. The number of nitrogens with zero attached hydrogens (tertiary/aromatic N) is 2. The number of aromatic nitrogens is 2. The fraction of sp³-hybridized carbons (Fsp3) is 0.211. The fourth-order valence-corrected chi connectivity index (χ4v) is 3.59. The Morgan fingerprint density at radius 1 is 1.00 bits per heavy atom. The van der Waals surface area contributed by atoms with Crippen molar-refractivity contribution < 1.29 is 8.42 Å². The van der Waals surface area contributed by atoms with Crippen LogP contribution in [0.2, 0.25) is 0 Å². The Kier molecular flexibility index (Phi) is 4.63. The van der Waals surface area contributed by atoms with E-state index in [1.165, 1.54) is 11.8 Å². The Labute approximate surface area is 148 Å². The van der Waals surface area contributed by atoms with Gasteiger partial charge in [-0.3, -0.25) is 9.40 Å². The lowest BCUT2D eigenvalue weighted by molar-refractivity contribution is 0.601. The standard InChI is InChI=1S/C19H21N3O2S/c1-14-4-7-17(8-5-14)12-22-13-18(11-20-22)21-25(23,24)19-9-6-15(2)16(3)10-19/h4-11,13,21H,12H2,1-3H3. The van der Waals surface area contributed by atoms with Gasteiger partial charge in [-0.2, -0.15) is 5.10 Å². The van der Waals surface area contributed by atoms with Crippen LogP contribution in [-0.4, -0.2) is 18.2 Å². The number of nitrogens with one attached hydrogen (secondary N) is 1. The molecule has 6 heteroatoms. The van der Waals surface area contributed by atoms with Crippen molar-refractivity contribution in [2.45, 2.75) is 32.2 Å². The Hall–Kier alpha value is -2.60. The van der Waals surface area contributed by atoms with Crippen LogP contribution in [0.25, 0.3) is 0 Å². The molecule has 5 nitrogen and oxygen atoms in total. The van der Waals surface area contributed by atoms with Crippen molar-refractivity contribution in [2.24, 2.45) is 0 Å². The van der Waals surface area contributed by atoms with Gasteiger partial charge >= 0.3 is 0 Å². The Bertz CT molecular complexity index is 990. The van der Waals surface area contributed by atoms with Gasteiger partial charge in [0.15, 0.2) is 0 Å². The molecule has 0 amide bonds. The minimum absolute atomic E-state index is 0.252. The van der Waals surface area contributed by atoms with Gasteiger partial charge in [0.05, 0.1) is 23.3 Å². The van der Waals surface area contributed by atoms with Gasteiger partial charge in [-0.25, -0.2) is 8.42 Å². The number of rotatable bonds is 5. The molecule has 0 bridgehead atoms. The molecule has 0 saturated heterocycles. The van der Waals surface area contributed by atoms with E-state index in [0.717, 1.165) is 16.7 Å². The zero-order valence-corrected chi connectivity index (χ0v) is 15.3. The van der Waals surface area contributed by atoms with Crippen molar-refractivity contribution in [3.63, 3.8) is 0 Å². The lowest BCUT2D eigenvalue weighted by Gasteiger charge is -2.08. The average Bonchev–Trinajstić information content (AvgIpc) is 2.98. The van der Waals surface area contributed by atoms with E-state index >= 15 is 0 Å². The number of hydrogen-bond acceptors (Lipinski definition) is 3. The molecule has 1 heterocycles. The summed E-state index contributed by atoms with van der Waals surface area (Å²) in [5, 5.41) is 4.23. The highest BCUT2D eigenvalue weighted by Gasteiger charge is 2.15. The molecular formula is C19H21N3O2S. The van der Waals surface area contributed by atoms with Crippen LogP contribution >= 0.6 is 0 Å². The summed E-state index contributed by atoms with van der Waals surface area (Å²) in [5.74, 6) is 0. The molecule has 0 aliphatic rings. The molecule has 25 heavy (non-hydrogen) atoms. The third-order valence-electron chi connectivity index (χ3n) is 4.14. The second-order valence-corrected chi connectivity index (χ2v) is 7.95. The molecule has 0 radical (unpaired) electrons. The van der Waals surface area contributed by atoms with Gasteiger partial charge in [0, 0.05) is 6.20 Å². The van der Waals surface area contributed by atoms with E-state index in [1.54, 1.807) is 23.0 Å². The first-order chi connectivity index (χ1) is 11.8. The molecule has 0 unspecified atom stereocenters. The first-order valence-electron chi connectivity index (χ1n) is 8.01. The fourth-order valence-electron chi connectivity index (χ4n) is 2.48. The van der Waals surface area contributed by atoms with E-state index in [9.17, 15) is 8.42 Å². The zero-order valence-electron chi connectivity index (χ0n) is 14.5. The number of aryl methyl sites for hydroxylation is 3. The van der Waals surface area contributed by atoms with Crippen LogP contribution < -0.4 is 4.72 Å². The Morgan fingerprint density at radius 3 is 2.40 bits per heavy atom. The van der Waals surface area contributed by atoms with Gasteiger partial charge in [0.2, 0.25) is 0 Å². The highest BCUT2D eigenvalue weighted by molar-refractivity contribution is 7.92. The smallest absolute Gasteiger partial charge is 0.262 e. The van der Waals surface area contributed by atoms with Crippen molar-refractivity contribution >= 4 is 15.7 Å². The number of anilines is 1. The molecule has 0 saturated carbocycles. The van der Waals surface area contributed by atoms with E-state index in [1.807, 2.05) is 51.1 Å². The summed E-state index contributed by atoms with van der Waals surface area (Å²) in [5.41, 5.74) is 4.76. The van der Waals surface area contributed by atoms with Gasteiger partial charge < -0.3 is 0 Å². The van der Waals surface area contributed by atoms with Crippen LogP contribution in [-0.2, 0) is 16.6 Å². The summed E-state index contributed by atoms with van der Waals surface area (Å²) in [7, 11) is -3.62. The molecule has 1 aromatic heterocycles. The van der Waals surface area contributed by atoms with E-state index in [-0.39, 0.29) is 4.90 Å². The molecule has 0 fully saturated rings. The summed E-state index contributed by atoms with van der Waals surface area (Å²) in [4.78, 5) is 0.252. The van der Waals surface area contributed by atoms with Crippen LogP contribution in [0.1, 0.15) is 22.3 Å². The van der Waals surface area contributed by atoms with E-state index < -0.39 is 10.0 Å². The number of sulfonamides is 1. The molecular weight excluding hydrogens is 334 g/mol. The van der Waals surface area contributed by atoms with Crippen LogP contribution in [0, 0.1) is 20.8 Å². The summed E-state index contributed by atoms with van der Waals surface area (Å²) < 4.78 is 29.3. The summed E-state index contributed by atoms with van der Waals surface area (Å²) in [6, 6.07) is 13.3. The quantitative estimate of drug-likeness (QED) is 0.760. The van der Waals surface area contributed by atoms with Gasteiger partial charge in [0.1, 0.15) is 0 Å². The SMILES string of the molecule is Cc1ccc(Cn2cc(NS(=O)(=O)c3ccc(C)c(C)c3)cn2)cc1. The van der Waals surface area contributed by atoms with Crippen molar-refractivity contribution in [1.29, 1.82) is 0 Å². The monoisotopic (exact) mass is 355 g/mol. The van der Waals surface area contributed by atoms with Crippen molar-refractivity contribution in [1.82, 2.24) is 9.78 Å². The third-order valence-corrected chi connectivity index (χ3v) is 5.52. The highest BCUT2D eigenvalue weighted by atomic mass is 32.2. The highest BCUT2D eigenvalue weighted by Crippen LogP contribution is 2.18. The predicted molar refractivity (Wildman–Crippen MR) is 99.2 cm³/mol. The molecule has 3 aromatic rings. The van der Waals surface area contributed by atoms with E-state index in [0.29, 0.717) is 12.2 Å². The molecule has 1 N–H and O–H groups in total. The Balaban J connectivity index is 1.75. The maximum Gasteiger partial charge on any atom is 0.262 e. The van der Waals surface area contributed by atoms with Crippen molar-refractivity contribution in [3.05, 3.63) is 77.1 Å². The Morgan fingerprint density at radius 2 is 1.72 bits per heavy atom. The van der Waals surface area contributed by atoms with Crippen molar-refractivity contribution in [3.8, 4) is 0 Å². The largest absolute Gasteiger partial charge is 0.276 e. The van der Waals surface area contributed by atoms with Gasteiger partial charge in [0.25, 0.3) is 10.0 Å². The predicted octanol–water partition coefficient (Wildman–Crippen LogP) is 3.66. The molecule has 3 rings (SSSR count). The number of benzene rings is 2. The van der Waals surface area contributed by atoms with Crippen molar-refractivity contribution in [2.75, 3.05) is 4.72 Å². The first-order valence-corrected chi connectivity index (χ1v) is 9.50. The van der Waals surface area contributed by atoms with E-state index in [2.05, 4.69) is 9.82 Å². The third kappa shape index (κ3) is 4.09. The first kappa shape index (κ1) is 17.2. The van der Waals surface area contributed by atoms with E-state index in [4.69, 9.17) is 0 Å². The van der Waals surface area contributed by atoms with Gasteiger partial charge in [-0.15, -0.1) is 0 Å². The van der Waals surface area contributed by atoms with Crippen LogP contribution in [0.5, 0.6) is 0 Å². The molecule has 2 aromatic carbocycles. The molecule has 0 atom stereocenters. The van der Waals surface area contributed by atoms with Crippen LogP contribution in [0.3, 0.4) is 0 Å². The summed E-state index contributed by atoms with van der Waals surface area (Å²) in [6.07, 6.45) is 3.21. The lowest BCUT2D eigenvalue weighted by atomic mass is 10.1. The maximum absolute atomic E-state index is 12.5. The van der Waals surface area contributed by atoms with Crippen LogP contribution in [0.4, 0.5) is 5.69 Å². The average molecular weight is 355 g/mol. The van der Waals surface area contributed by atoms with Gasteiger partial charge in [-0.1, -0.05) is 35.9 Å². The maximum atomic E-state index is 12.5. The zero-order chi connectivity index (χ0) is 18.0. The van der Waals surface area contributed by atoms with Crippen LogP contribution in [0.15, 0.2) is 59.8 Å². The minimum Gasteiger partial charge on any atom is -0.276 e. The second-order valence-electron chi connectivity index (χ2n) is 6.26. The molecule has 130 valence electrons. The topological polar surface area (TPSA) is 64.0 Å².